The zero-order chi connectivity index (χ0) is 11.4. The molecule has 4 nitrogen and oxygen atoms in total. The van der Waals surface area contributed by atoms with Crippen LogP contribution in [-0.4, -0.2) is 22.6 Å². The normalized spacial score (nSPS) is 22.9. The van der Waals surface area contributed by atoms with Gasteiger partial charge in [0.2, 0.25) is 0 Å². The third-order valence-electron chi connectivity index (χ3n) is 2.97. The summed E-state index contributed by atoms with van der Waals surface area (Å²) in [6.45, 7) is 5.31. The summed E-state index contributed by atoms with van der Waals surface area (Å²) < 4.78 is 0. The lowest BCUT2D eigenvalue weighted by molar-refractivity contribution is 0.773. The Morgan fingerprint density at radius 2 is 2.12 bits per heavy atom. The van der Waals surface area contributed by atoms with Crippen LogP contribution >= 0.6 is 0 Å². The van der Waals surface area contributed by atoms with Gasteiger partial charge in [0.25, 0.3) is 0 Å². The lowest BCUT2D eigenvalue weighted by Gasteiger charge is -2.07. The fourth-order valence-corrected chi connectivity index (χ4v) is 1.84. The topological polar surface area (TPSA) is 49.8 Å². The highest BCUT2D eigenvalue weighted by Gasteiger charge is 2.35. The van der Waals surface area contributed by atoms with E-state index >= 15 is 0 Å². The lowest BCUT2D eigenvalue weighted by atomic mass is 10.3. The molecule has 0 aliphatic heterocycles. The number of aromatic nitrogens is 2. The van der Waals surface area contributed by atoms with E-state index in [9.17, 15) is 0 Å². The van der Waals surface area contributed by atoms with Crippen LogP contribution in [0, 0.1) is 5.92 Å². The maximum Gasteiger partial charge on any atom is 0.147 e. The van der Waals surface area contributed by atoms with Crippen molar-refractivity contribution < 1.29 is 0 Å². The first-order valence-electron chi connectivity index (χ1n) is 6.16. The van der Waals surface area contributed by atoms with Crippen molar-refractivity contribution in [1.29, 1.82) is 0 Å². The highest BCUT2D eigenvalue weighted by Crippen LogP contribution is 2.35. The molecule has 0 spiro atoms. The van der Waals surface area contributed by atoms with Crippen LogP contribution in [0.1, 0.15) is 33.1 Å². The van der Waals surface area contributed by atoms with E-state index < -0.39 is 0 Å². The number of hydrogen-bond acceptors (Lipinski definition) is 4. The molecule has 0 bridgehead atoms. The molecule has 1 aromatic rings. The van der Waals surface area contributed by atoms with Crippen LogP contribution in [0.4, 0.5) is 11.6 Å². The summed E-state index contributed by atoms with van der Waals surface area (Å²) >= 11 is 0. The third-order valence-corrected chi connectivity index (χ3v) is 2.97. The van der Waals surface area contributed by atoms with Gasteiger partial charge in [-0.15, -0.1) is 0 Å². The number of nitrogens with one attached hydrogen (secondary N) is 2. The van der Waals surface area contributed by atoms with Crippen LogP contribution < -0.4 is 10.6 Å². The molecule has 0 amide bonds. The van der Waals surface area contributed by atoms with Gasteiger partial charge < -0.3 is 10.6 Å². The van der Waals surface area contributed by atoms with Gasteiger partial charge in [0.05, 0.1) is 12.4 Å². The van der Waals surface area contributed by atoms with Gasteiger partial charge >= 0.3 is 0 Å². The summed E-state index contributed by atoms with van der Waals surface area (Å²) in [7, 11) is 0. The van der Waals surface area contributed by atoms with E-state index in [4.69, 9.17) is 0 Å². The van der Waals surface area contributed by atoms with E-state index in [0.29, 0.717) is 6.04 Å². The zero-order valence-electron chi connectivity index (χ0n) is 10.0. The van der Waals surface area contributed by atoms with E-state index in [2.05, 4.69) is 34.4 Å². The molecule has 1 aliphatic carbocycles. The van der Waals surface area contributed by atoms with Gasteiger partial charge in [0.15, 0.2) is 0 Å². The Balaban J connectivity index is 1.89. The second-order valence-corrected chi connectivity index (χ2v) is 4.37. The summed E-state index contributed by atoms with van der Waals surface area (Å²) in [6, 6.07) is 0.612. The Morgan fingerprint density at radius 1 is 1.31 bits per heavy atom. The van der Waals surface area contributed by atoms with E-state index in [0.717, 1.165) is 30.5 Å². The standard InChI is InChI=1S/C12H20N4/c1-3-5-14-11-7-13-8-12(16-11)15-10-6-9(10)4-2/h7-10H,3-6H2,1-2H3,(H2,14,15,16). The fourth-order valence-electron chi connectivity index (χ4n) is 1.84. The van der Waals surface area contributed by atoms with Gasteiger partial charge in [-0.05, 0) is 18.8 Å². The molecule has 2 N–H and O–H groups in total. The first kappa shape index (κ1) is 11.2. The quantitative estimate of drug-likeness (QED) is 0.773. The molecular weight excluding hydrogens is 200 g/mol. The molecule has 2 atom stereocenters. The molecule has 1 fully saturated rings. The molecule has 1 aliphatic rings. The molecule has 0 aromatic carbocycles. The Bertz CT molecular complexity index is 340. The van der Waals surface area contributed by atoms with Crippen LogP contribution in [-0.2, 0) is 0 Å². The van der Waals surface area contributed by atoms with Crippen molar-refractivity contribution in [1.82, 2.24) is 9.97 Å². The number of anilines is 2. The number of rotatable bonds is 6. The highest BCUT2D eigenvalue weighted by atomic mass is 15.1. The van der Waals surface area contributed by atoms with Crippen LogP contribution in [0.3, 0.4) is 0 Å². The largest absolute Gasteiger partial charge is 0.369 e. The maximum absolute atomic E-state index is 4.47. The number of hydrogen-bond donors (Lipinski definition) is 2. The van der Waals surface area contributed by atoms with E-state index in [1.54, 1.807) is 12.4 Å². The Hall–Kier alpha value is -1.32. The third kappa shape index (κ3) is 2.84. The average molecular weight is 220 g/mol. The van der Waals surface area contributed by atoms with E-state index in [1.807, 2.05) is 0 Å². The molecule has 2 rings (SSSR count). The van der Waals surface area contributed by atoms with Crippen LogP contribution in [0.2, 0.25) is 0 Å². The fraction of sp³-hybridized carbons (Fsp3) is 0.667. The van der Waals surface area contributed by atoms with Crippen molar-refractivity contribution in [3.05, 3.63) is 12.4 Å². The predicted molar refractivity (Wildman–Crippen MR) is 66.6 cm³/mol. The Kier molecular flexibility index (Phi) is 3.59. The van der Waals surface area contributed by atoms with Gasteiger partial charge in [0.1, 0.15) is 11.6 Å². The smallest absolute Gasteiger partial charge is 0.147 e. The maximum atomic E-state index is 4.47. The van der Waals surface area contributed by atoms with Crippen molar-refractivity contribution >= 4 is 11.6 Å². The average Bonchev–Trinajstić information content (AvgIpc) is 3.05. The van der Waals surface area contributed by atoms with Crippen LogP contribution in [0.15, 0.2) is 12.4 Å². The van der Waals surface area contributed by atoms with Crippen molar-refractivity contribution in [2.75, 3.05) is 17.2 Å². The Labute approximate surface area is 96.9 Å². The van der Waals surface area contributed by atoms with Gasteiger partial charge in [-0.1, -0.05) is 20.3 Å². The Morgan fingerprint density at radius 3 is 2.81 bits per heavy atom. The zero-order valence-corrected chi connectivity index (χ0v) is 10.0. The minimum atomic E-state index is 0.612. The summed E-state index contributed by atoms with van der Waals surface area (Å²) in [5.74, 6) is 2.58. The summed E-state index contributed by atoms with van der Waals surface area (Å²) in [6.07, 6.45) is 7.18. The van der Waals surface area contributed by atoms with Crippen molar-refractivity contribution in [3.8, 4) is 0 Å². The SMILES string of the molecule is CCCNc1cncc(NC2CC2CC)n1. The van der Waals surface area contributed by atoms with Gasteiger partial charge in [-0.3, -0.25) is 4.98 Å². The molecule has 1 heterocycles. The van der Waals surface area contributed by atoms with E-state index in [-0.39, 0.29) is 0 Å². The second kappa shape index (κ2) is 5.14. The molecule has 4 heteroatoms. The lowest BCUT2D eigenvalue weighted by Crippen LogP contribution is -2.09. The van der Waals surface area contributed by atoms with Gasteiger partial charge in [0, 0.05) is 12.6 Å². The molecule has 88 valence electrons. The summed E-state index contributed by atoms with van der Waals surface area (Å²) in [5, 5.41) is 6.66. The van der Waals surface area contributed by atoms with E-state index in [1.165, 1.54) is 12.8 Å². The molecule has 1 saturated carbocycles. The molecule has 2 unspecified atom stereocenters. The first-order chi connectivity index (χ1) is 7.83. The predicted octanol–water partition coefficient (Wildman–Crippen LogP) is 2.51. The van der Waals surface area contributed by atoms with Crippen LogP contribution in [0.5, 0.6) is 0 Å². The second-order valence-electron chi connectivity index (χ2n) is 4.37. The molecule has 0 saturated heterocycles. The van der Waals surface area contributed by atoms with Crippen molar-refractivity contribution in [2.45, 2.75) is 39.2 Å². The van der Waals surface area contributed by atoms with Gasteiger partial charge in [-0.2, -0.15) is 0 Å². The van der Waals surface area contributed by atoms with Gasteiger partial charge in [-0.25, -0.2) is 4.98 Å². The van der Waals surface area contributed by atoms with Crippen molar-refractivity contribution in [2.24, 2.45) is 5.92 Å². The van der Waals surface area contributed by atoms with Crippen LogP contribution in [0.25, 0.3) is 0 Å². The summed E-state index contributed by atoms with van der Waals surface area (Å²) in [4.78, 5) is 8.66. The minimum absolute atomic E-state index is 0.612. The molecular formula is C12H20N4. The van der Waals surface area contributed by atoms with Crippen molar-refractivity contribution in [3.63, 3.8) is 0 Å². The summed E-state index contributed by atoms with van der Waals surface area (Å²) in [5.41, 5.74) is 0. The first-order valence-corrected chi connectivity index (χ1v) is 6.16. The molecule has 1 aromatic heterocycles. The number of nitrogens with zero attached hydrogens (tertiary/aromatic N) is 2. The molecule has 16 heavy (non-hydrogen) atoms. The molecule has 0 radical (unpaired) electrons. The highest BCUT2D eigenvalue weighted by molar-refractivity contribution is 5.43. The monoisotopic (exact) mass is 220 g/mol. The minimum Gasteiger partial charge on any atom is -0.369 e.